The van der Waals surface area contributed by atoms with Crippen LogP contribution in [0.5, 0.6) is 0 Å². The molecule has 0 unspecified atom stereocenters. The van der Waals surface area contributed by atoms with Gasteiger partial charge in [0.05, 0.1) is 48.5 Å². The molecule has 2 aliphatic rings. The van der Waals surface area contributed by atoms with E-state index in [1.807, 2.05) is 29.3 Å². The van der Waals surface area contributed by atoms with Gasteiger partial charge in [-0.1, -0.05) is 36.4 Å². The number of pyridine rings is 1. The lowest BCUT2D eigenvalue weighted by atomic mass is 10.0. The molecule has 13 heteroatoms. The zero-order valence-corrected chi connectivity index (χ0v) is 29.5. The SMILES string of the molecule is N#CCN1CCc2c(nc(Cl)nc2NCCc2c[nH]c3ccccc23)C1.N#CCN1CCc2c(ncc(F)c2NCCc2c[nH]c3ccccc23)C1. The third-order valence-electron chi connectivity index (χ3n) is 9.71. The molecule has 6 aromatic rings. The number of fused-ring (bicyclic) bond motifs is 4. The summed E-state index contributed by atoms with van der Waals surface area (Å²) in [5.74, 6) is 0.507. The molecular formula is C39H39ClFN11. The van der Waals surface area contributed by atoms with Crippen molar-refractivity contribution >= 4 is 44.9 Å². The molecule has 0 radical (unpaired) electrons. The Balaban J connectivity index is 0.000000162. The molecule has 264 valence electrons. The molecule has 0 amide bonds. The topological polar surface area (TPSA) is 148 Å². The van der Waals surface area contributed by atoms with E-state index < -0.39 is 0 Å². The van der Waals surface area contributed by atoms with Gasteiger partial charge in [-0.25, -0.2) is 14.4 Å². The Bertz CT molecular complexity index is 2270. The quantitative estimate of drug-likeness (QED) is 0.0936. The number of nitrogens with one attached hydrogen (secondary N) is 4. The van der Waals surface area contributed by atoms with Gasteiger partial charge in [-0.3, -0.25) is 14.8 Å². The molecule has 0 fully saturated rings. The summed E-state index contributed by atoms with van der Waals surface area (Å²) in [6, 6.07) is 20.8. The molecule has 0 spiro atoms. The van der Waals surface area contributed by atoms with Crippen molar-refractivity contribution in [3.8, 4) is 12.1 Å². The number of aromatic amines is 2. The van der Waals surface area contributed by atoms with E-state index in [-0.39, 0.29) is 11.1 Å². The summed E-state index contributed by atoms with van der Waals surface area (Å²) in [4.78, 5) is 23.7. The molecule has 4 N–H and O–H groups in total. The van der Waals surface area contributed by atoms with Gasteiger partial charge < -0.3 is 20.6 Å². The maximum Gasteiger partial charge on any atom is 0.224 e. The van der Waals surface area contributed by atoms with Crippen LogP contribution in [0.15, 0.2) is 67.1 Å². The monoisotopic (exact) mass is 715 g/mol. The minimum absolute atomic E-state index is 0.247. The van der Waals surface area contributed by atoms with Crippen molar-refractivity contribution in [2.24, 2.45) is 0 Å². The van der Waals surface area contributed by atoms with Gasteiger partial charge in [0.1, 0.15) is 5.82 Å². The van der Waals surface area contributed by atoms with E-state index >= 15 is 0 Å². The maximum atomic E-state index is 14.3. The molecule has 52 heavy (non-hydrogen) atoms. The number of aromatic nitrogens is 5. The van der Waals surface area contributed by atoms with Gasteiger partial charge in [0.25, 0.3) is 0 Å². The van der Waals surface area contributed by atoms with E-state index in [2.05, 4.69) is 89.1 Å². The van der Waals surface area contributed by atoms with Crippen LogP contribution in [0, 0.1) is 28.5 Å². The van der Waals surface area contributed by atoms with Gasteiger partial charge in [-0.2, -0.15) is 10.5 Å². The second kappa shape index (κ2) is 16.2. The lowest BCUT2D eigenvalue weighted by Crippen LogP contribution is -2.32. The first-order chi connectivity index (χ1) is 25.5. The lowest BCUT2D eigenvalue weighted by molar-refractivity contribution is 0.280. The van der Waals surface area contributed by atoms with Crippen molar-refractivity contribution in [3.63, 3.8) is 0 Å². The zero-order chi connectivity index (χ0) is 35.9. The number of benzene rings is 2. The summed E-state index contributed by atoms with van der Waals surface area (Å²) in [6.07, 6.45) is 8.59. The minimum Gasteiger partial charge on any atom is -0.382 e. The molecule has 2 aromatic carbocycles. The summed E-state index contributed by atoms with van der Waals surface area (Å²) in [5, 5.41) is 27.2. The van der Waals surface area contributed by atoms with Crippen molar-refractivity contribution in [3.05, 3.63) is 112 Å². The average molecular weight is 716 g/mol. The Hall–Kier alpha value is -5.53. The summed E-state index contributed by atoms with van der Waals surface area (Å²) in [6.45, 7) is 5.03. The molecule has 4 aromatic heterocycles. The third-order valence-corrected chi connectivity index (χ3v) is 9.88. The Kier molecular flexibility index (Phi) is 10.9. The van der Waals surface area contributed by atoms with Crippen LogP contribution in [-0.2, 0) is 38.8 Å². The molecule has 2 aliphatic heterocycles. The van der Waals surface area contributed by atoms with Crippen molar-refractivity contribution in [1.82, 2.24) is 34.7 Å². The van der Waals surface area contributed by atoms with Gasteiger partial charge in [-0.05, 0) is 60.5 Å². The number of H-pyrrole nitrogens is 2. The standard InChI is InChI=1S/C20H20FN5.C19H19ClN6/c21-17-12-25-19-13-26(10-7-22)9-6-16(19)20(17)23-8-5-14-11-24-18-4-2-1-3-15(14)18;20-19-24-17-12-26(10-7-21)9-6-15(17)18(25-19)22-8-5-13-11-23-16-4-2-1-3-14(13)16/h1-4,11-12,24H,5-6,8-10,13H2,(H,23,25);1-4,11,23H,5-6,8-10,12H2,(H,22,24,25). The van der Waals surface area contributed by atoms with Crippen LogP contribution in [0.4, 0.5) is 15.9 Å². The summed E-state index contributed by atoms with van der Waals surface area (Å²) < 4.78 is 14.3. The van der Waals surface area contributed by atoms with Crippen LogP contribution in [0.25, 0.3) is 21.8 Å². The van der Waals surface area contributed by atoms with Crippen molar-refractivity contribution in [2.45, 2.75) is 38.8 Å². The number of para-hydroxylation sites is 2. The van der Waals surface area contributed by atoms with Crippen molar-refractivity contribution in [1.29, 1.82) is 10.5 Å². The van der Waals surface area contributed by atoms with Crippen molar-refractivity contribution in [2.75, 3.05) is 49.9 Å². The van der Waals surface area contributed by atoms with E-state index in [0.717, 1.165) is 78.3 Å². The second-order valence-corrected chi connectivity index (χ2v) is 13.3. The molecule has 8 rings (SSSR count). The maximum absolute atomic E-state index is 14.3. The fourth-order valence-electron chi connectivity index (χ4n) is 7.11. The average Bonchev–Trinajstić information content (AvgIpc) is 3.77. The Labute approximate surface area is 306 Å². The number of rotatable bonds is 10. The number of halogens is 2. The second-order valence-electron chi connectivity index (χ2n) is 13.0. The van der Waals surface area contributed by atoms with Crippen LogP contribution in [0.3, 0.4) is 0 Å². The van der Waals surface area contributed by atoms with Crippen molar-refractivity contribution < 1.29 is 4.39 Å². The highest BCUT2D eigenvalue weighted by Gasteiger charge is 2.23. The number of hydrogen-bond donors (Lipinski definition) is 4. The van der Waals surface area contributed by atoms with Gasteiger partial charge in [0, 0.05) is 84.6 Å². The number of nitriles is 2. The van der Waals surface area contributed by atoms with Gasteiger partial charge in [0.2, 0.25) is 5.28 Å². The highest BCUT2D eigenvalue weighted by molar-refractivity contribution is 6.28. The molecule has 0 saturated carbocycles. The smallest absolute Gasteiger partial charge is 0.224 e. The molecule has 0 saturated heterocycles. The largest absolute Gasteiger partial charge is 0.382 e. The summed E-state index contributed by atoms with van der Waals surface area (Å²) in [7, 11) is 0. The first-order valence-corrected chi connectivity index (χ1v) is 17.9. The number of anilines is 2. The minimum atomic E-state index is -0.309. The van der Waals surface area contributed by atoms with Crippen LogP contribution in [0.1, 0.15) is 33.6 Å². The predicted molar refractivity (Wildman–Crippen MR) is 201 cm³/mol. The van der Waals surface area contributed by atoms with Gasteiger partial charge >= 0.3 is 0 Å². The predicted octanol–water partition coefficient (Wildman–Crippen LogP) is 6.39. The number of nitrogens with zero attached hydrogens (tertiary/aromatic N) is 7. The fourth-order valence-corrected chi connectivity index (χ4v) is 7.29. The van der Waals surface area contributed by atoms with Crippen LogP contribution < -0.4 is 10.6 Å². The third kappa shape index (κ3) is 7.85. The van der Waals surface area contributed by atoms with E-state index in [1.54, 1.807) is 0 Å². The first-order valence-electron chi connectivity index (χ1n) is 17.5. The molecule has 11 nitrogen and oxygen atoms in total. The first kappa shape index (κ1) is 34.9. The van der Waals surface area contributed by atoms with Crippen LogP contribution in [-0.4, -0.2) is 74.0 Å². The van der Waals surface area contributed by atoms with Crippen LogP contribution >= 0.6 is 11.6 Å². The molecule has 0 atom stereocenters. The fraction of sp³-hybridized carbons (Fsp3) is 0.308. The summed E-state index contributed by atoms with van der Waals surface area (Å²) in [5.41, 5.74) is 9.17. The van der Waals surface area contributed by atoms with Gasteiger partial charge in [-0.15, -0.1) is 0 Å². The Morgan fingerprint density at radius 1 is 0.769 bits per heavy atom. The van der Waals surface area contributed by atoms with Gasteiger partial charge in [0.15, 0.2) is 5.82 Å². The normalized spacial score (nSPS) is 14.2. The molecular weight excluding hydrogens is 677 g/mol. The van der Waals surface area contributed by atoms with E-state index in [1.165, 1.54) is 28.1 Å². The molecule has 0 bridgehead atoms. The molecule has 6 heterocycles. The summed E-state index contributed by atoms with van der Waals surface area (Å²) >= 11 is 6.11. The molecule has 0 aliphatic carbocycles. The van der Waals surface area contributed by atoms with Crippen LogP contribution in [0.2, 0.25) is 5.28 Å². The van der Waals surface area contributed by atoms with E-state index in [9.17, 15) is 4.39 Å². The van der Waals surface area contributed by atoms with E-state index in [0.29, 0.717) is 44.8 Å². The lowest BCUT2D eigenvalue weighted by Gasteiger charge is -2.27. The van der Waals surface area contributed by atoms with E-state index in [4.69, 9.17) is 22.1 Å². The Morgan fingerprint density at radius 2 is 1.35 bits per heavy atom. The number of hydrogen-bond acceptors (Lipinski definition) is 9. The highest BCUT2D eigenvalue weighted by Crippen LogP contribution is 2.28. The zero-order valence-electron chi connectivity index (χ0n) is 28.7. The highest BCUT2D eigenvalue weighted by atomic mass is 35.5. The Morgan fingerprint density at radius 3 is 1.98 bits per heavy atom.